The second-order valence-corrected chi connectivity index (χ2v) is 7.56. The van der Waals surface area contributed by atoms with E-state index in [0.717, 1.165) is 6.04 Å². The molecule has 0 spiro atoms. The molecule has 0 aromatic rings. The molecular weight excluding hydrogens is 286 g/mol. The molecule has 1 heterocycles. The lowest BCUT2D eigenvalue weighted by atomic mass is 10.1. The zero-order chi connectivity index (χ0) is 16.1. The molecule has 0 amide bonds. The predicted octanol–water partition coefficient (Wildman–Crippen LogP) is 4.12. The molecule has 0 aromatic carbocycles. The summed E-state index contributed by atoms with van der Waals surface area (Å²) >= 11 is 0. The Morgan fingerprint density at radius 2 is 1.57 bits per heavy atom. The Kier molecular flexibility index (Phi) is 12.3. The average Bonchev–Trinajstić information content (AvgIpc) is 2.83. The molecule has 4 nitrogen and oxygen atoms in total. The molecule has 1 rings (SSSR count). The Hall–Kier alpha value is -0.130. The van der Waals surface area contributed by atoms with Crippen LogP contribution in [-0.4, -0.2) is 43.3 Å². The van der Waals surface area contributed by atoms with E-state index in [0.29, 0.717) is 6.26 Å². The van der Waals surface area contributed by atoms with Crippen molar-refractivity contribution in [3.8, 4) is 0 Å². The van der Waals surface area contributed by atoms with Gasteiger partial charge in [0.1, 0.15) is 0 Å². The number of nitrogens with zero attached hydrogens (tertiary/aromatic N) is 1. The highest BCUT2D eigenvalue weighted by molar-refractivity contribution is 7.85. The molecule has 1 aliphatic heterocycles. The van der Waals surface area contributed by atoms with Crippen molar-refractivity contribution < 1.29 is 13.0 Å². The van der Waals surface area contributed by atoms with E-state index in [4.69, 9.17) is 4.55 Å². The van der Waals surface area contributed by atoms with E-state index in [1.54, 1.807) is 0 Å². The first-order valence-corrected chi connectivity index (χ1v) is 10.4. The SMILES string of the molecule is CCCCCCCCCN1CCCC1CC.CS(=O)(=O)O. The Morgan fingerprint density at radius 1 is 1.05 bits per heavy atom. The molecule has 1 aliphatic rings. The van der Waals surface area contributed by atoms with Gasteiger partial charge in [-0.25, -0.2) is 0 Å². The first-order chi connectivity index (χ1) is 9.88. The Bertz CT molecular complexity index is 322. The topological polar surface area (TPSA) is 57.6 Å². The minimum absolute atomic E-state index is 0.715. The molecule has 1 saturated heterocycles. The summed E-state index contributed by atoms with van der Waals surface area (Å²) in [5, 5.41) is 0. The van der Waals surface area contributed by atoms with Crippen molar-refractivity contribution in [1.82, 2.24) is 4.90 Å². The first kappa shape index (κ1) is 20.9. The molecular formula is C16H35NO3S. The first-order valence-electron chi connectivity index (χ1n) is 8.55. The van der Waals surface area contributed by atoms with Crippen molar-refractivity contribution in [3.05, 3.63) is 0 Å². The number of unbranched alkanes of at least 4 members (excludes halogenated alkanes) is 6. The molecule has 0 saturated carbocycles. The van der Waals surface area contributed by atoms with Crippen LogP contribution in [0.2, 0.25) is 0 Å². The van der Waals surface area contributed by atoms with Gasteiger partial charge in [0.15, 0.2) is 0 Å². The smallest absolute Gasteiger partial charge is 0.261 e. The maximum atomic E-state index is 9.19. The van der Waals surface area contributed by atoms with E-state index in [9.17, 15) is 8.42 Å². The summed E-state index contributed by atoms with van der Waals surface area (Å²) in [5.74, 6) is 0. The highest BCUT2D eigenvalue weighted by Crippen LogP contribution is 2.20. The zero-order valence-corrected chi connectivity index (χ0v) is 15.0. The van der Waals surface area contributed by atoms with Crippen molar-refractivity contribution in [2.24, 2.45) is 0 Å². The minimum atomic E-state index is -3.67. The van der Waals surface area contributed by atoms with Crippen LogP contribution in [0.4, 0.5) is 0 Å². The van der Waals surface area contributed by atoms with Gasteiger partial charge in [-0.2, -0.15) is 8.42 Å². The number of likely N-dealkylation sites (tertiary alicyclic amines) is 1. The van der Waals surface area contributed by atoms with Gasteiger partial charge in [-0.1, -0.05) is 52.4 Å². The normalized spacial score (nSPS) is 19.3. The van der Waals surface area contributed by atoms with Gasteiger partial charge in [0.25, 0.3) is 10.1 Å². The maximum absolute atomic E-state index is 9.19. The van der Waals surface area contributed by atoms with Gasteiger partial charge in [0, 0.05) is 6.04 Å². The zero-order valence-electron chi connectivity index (χ0n) is 14.2. The van der Waals surface area contributed by atoms with E-state index in [-0.39, 0.29) is 0 Å². The van der Waals surface area contributed by atoms with Crippen LogP contribution in [0.3, 0.4) is 0 Å². The quantitative estimate of drug-likeness (QED) is 0.513. The van der Waals surface area contributed by atoms with Gasteiger partial charge >= 0.3 is 0 Å². The van der Waals surface area contributed by atoms with Gasteiger partial charge in [0.2, 0.25) is 0 Å². The van der Waals surface area contributed by atoms with Crippen LogP contribution in [0.5, 0.6) is 0 Å². The van der Waals surface area contributed by atoms with Crippen LogP contribution in [0.15, 0.2) is 0 Å². The van der Waals surface area contributed by atoms with Gasteiger partial charge in [-0.3, -0.25) is 4.55 Å². The lowest BCUT2D eigenvalue weighted by molar-refractivity contribution is 0.242. The second-order valence-electron chi connectivity index (χ2n) is 6.09. The van der Waals surface area contributed by atoms with Crippen molar-refractivity contribution in [2.45, 2.75) is 84.1 Å². The fourth-order valence-corrected chi connectivity index (χ4v) is 2.92. The molecule has 21 heavy (non-hydrogen) atoms. The molecule has 0 radical (unpaired) electrons. The van der Waals surface area contributed by atoms with Gasteiger partial charge in [0.05, 0.1) is 6.26 Å². The molecule has 1 fully saturated rings. The molecule has 1 atom stereocenters. The summed E-state index contributed by atoms with van der Waals surface area (Å²) in [6.07, 6.45) is 15.0. The third kappa shape index (κ3) is 14.6. The Morgan fingerprint density at radius 3 is 2.10 bits per heavy atom. The van der Waals surface area contributed by atoms with E-state index in [1.165, 1.54) is 77.3 Å². The Labute approximate surface area is 132 Å². The molecule has 1 N–H and O–H groups in total. The van der Waals surface area contributed by atoms with Crippen molar-refractivity contribution in [3.63, 3.8) is 0 Å². The highest BCUT2D eigenvalue weighted by Gasteiger charge is 2.21. The fourth-order valence-electron chi connectivity index (χ4n) is 2.92. The van der Waals surface area contributed by atoms with Gasteiger partial charge in [-0.15, -0.1) is 0 Å². The lowest BCUT2D eigenvalue weighted by Gasteiger charge is -2.22. The maximum Gasteiger partial charge on any atom is 0.261 e. The minimum Gasteiger partial charge on any atom is -0.300 e. The van der Waals surface area contributed by atoms with Gasteiger partial charge in [-0.05, 0) is 38.8 Å². The van der Waals surface area contributed by atoms with E-state index in [2.05, 4.69) is 18.7 Å². The number of hydrogen-bond acceptors (Lipinski definition) is 3. The average molecular weight is 322 g/mol. The van der Waals surface area contributed by atoms with E-state index < -0.39 is 10.1 Å². The molecule has 1 unspecified atom stereocenters. The van der Waals surface area contributed by atoms with Crippen LogP contribution in [0.25, 0.3) is 0 Å². The third-order valence-electron chi connectivity index (χ3n) is 4.02. The Balaban J connectivity index is 0.000000690. The molecule has 0 aliphatic carbocycles. The van der Waals surface area contributed by atoms with E-state index in [1.807, 2.05) is 0 Å². The summed E-state index contributed by atoms with van der Waals surface area (Å²) in [6.45, 7) is 7.37. The van der Waals surface area contributed by atoms with E-state index >= 15 is 0 Å². The summed E-state index contributed by atoms with van der Waals surface area (Å²) in [6, 6.07) is 0.917. The standard InChI is InChI=1S/C15H31N.CH4O3S/c1-3-5-6-7-8-9-10-13-16-14-11-12-15(16)4-2;1-5(2,3)4/h15H,3-14H2,1-2H3;1H3,(H,2,3,4). The number of hydrogen-bond donors (Lipinski definition) is 1. The van der Waals surface area contributed by atoms with Crippen LogP contribution in [0, 0.1) is 0 Å². The third-order valence-corrected chi connectivity index (χ3v) is 4.02. The molecule has 5 heteroatoms. The highest BCUT2D eigenvalue weighted by atomic mass is 32.2. The molecule has 0 bridgehead atoms. The van der Waals surface area contributed by atoms with Gasteiger partial charge < -0.3 is 4.90 Å². The monoisotopic (exact) mass is 321 g/mol. The summed E-state index contributed by atoms with van der Waals surface area (Å²) in [4.78, 5) is 2.73. The lowest BCUT2D eigenvalue weighted by Crippen LogP contribution is -2.29. The summed E-state index contributed by atoms with van der Waals surface area (Å²) < 4.78 is 25.9. The summed E-state index contributed by atoms with van der Waals surface area (Å²) in [5.41, 5.74) is 0. The van der Waals surface area contributed by atoms with Crippen LogP contribution in [0.1, 0.15) is 78.1 Å². The van der Waals surface area contributed by atoms with Crippen LogP contribution >= 0.6 is 0 Å². The van der Waals surface area contributed by atoms with Crippen LogP contribution < -0.4 is 0 Å². The van der Waals surface area contributed by atoms with Crippen molar-refractivity contribution >= 4 is 10.1 Å². The van der Waals surface area contributed by atoms with Crippen molar-refractivity contribution in [2.75, 3.05) is 19.3 Å². The van der Waals surface area contributed by atoms with Crippen molar-refractivity contribution in [1.29, 1.82) is 0 Å². The molecule has 128 valence electrons. The van der Waals surface area contributed by atoms with Crippen LogP contribution in [-0.2, 0) is 10.1 Å². The fraction of sp³-hybridized carbons (Fsp3) is 1.00. The summed E-state index contributed by atoms with van der Waals surface area (Å²) in [7, 11) is -3.67. The number of rotatable bonds is 9. The predicted molar refractivity (Wildman–Crippen MR) is 90.4 cm³/mol. The second kappa shape index (κ2) is 12.4. The largest absolute Gasteiger partial charge is 0.300 e. The molecule has 0 aromatic heterocycles.